The van der Waals surface area contributed by atoms with Gasteiger partial charge in [-0.15, -0.1) is 0 Å². The van der Waals surface area contributed by atoms with Gasteiger partial charge >= 0.3 is 0 Å². The number of nitrogens with one attached hydrogen (secondary N) is 1. The third-order valence-corrected chi connectivity index (χ3v) is 2.88. The maximum atomic E-state index is 11.0. The molecule has 19 heavy (non-hydrogen) atoms. The normalized spacial score (nSPS) is 11.2. The average Bonchev–Trinajstić information content (AvgIpc) is 2.43. The van der Waals surface area contributed by atoms with Crippen molar-refractivity contribution in [1.29, 1.82) is 0 Å². The summed E-state index contributed by atoms with van der Waals surface area (Å²) in [6.45, 7) is 0.906. The van der Waals surface area contributed by atoms with Crippen molar-refractivity contribution in [3.63, 3.8) is 0 Å². The molecule has 0 aliphatic carbocycles. The van der Waals surface area contributed by atoms with Crippen LogP contribution in [-0.4, -0.2) is 23.5 Å². The molecule has 2 rings (SSSR count). The van der Waals surface area contributed by atoms with Gasteiger partial charge in [0.1, 0.15) is 0 Å². The number of aromatic nitrogens is 1. The number of hydrogen-bond acceptors (Lipinski definition) is 4. The Morgan fingerprint density at radius 1 is 1.37 bits per heavy atom. The maximum absolute atomic E-state index is 11.0. The van der Waals surface area contributed by atoms with E-state index >= 15 is 0 Å². The van der Waals surface area contributed by atoms with E-state index in [1.54, 1.807) is 24.5 Å². The molecule has 0 aliphatic heterocycles. The van der Waals surface area contributed by atoms with Gasteiger partial charge in [0.05, 0.1) is 10.3 Å². The zero-order valence-corrected chi connectivity index (χ0v) is 10.7. The molecule has 0 bridgehead atoms. The van der Waals surface area contributed by atoms with Crippen LogP contribution in [0.4, 0.5) is 5.69 Å². The van der Waals surface area contributed by atoms with E-state index in [1.807, 2.05) is 13.1 Å². The summed E-state index contributed by atoms with van der Waals surface area (Å²) in [7, 11) is 1.90. The minimum absolute atomic E-state index is 0.0930. The molecule has 1 N–H and O–H groups in total. The standard InChI is InChI=1S/C14H15N3O2/c1-15-8-3-2-4-11-5-6-14(17(18)19)13-10-16-9-7-12(11)13/h2,4-7,9-10,15H,3,8H2,1H3. The highest BCUT2D eigenvalue weighted by Gasteiger charge is 2.12. The molecule has 0 saturated carbocycles. The lowest BCUT2D eigenvalue weighted by atomic mass is 10.0. The van der Waals surface area contributed by atoms with Gasteiger partial charge in [-0.25, -0.2) is 0 Å². The molecule has 0 saturated heterocycles. The van der Waals surface area contributed by atoms with Crippen molar-refractivity contribution in [2.24, 2.45) is 0 Å². The van der Waals surface area contributed by atoms with Gasteiger partial charge in [-0.1, -0.05) is 12.2 Å². The molecule has 1 aromatic carbocycles. The van der Waals surface area contributed by atoms with Crippen molar-refractivity contribution >= 4 is 22.5 Å². The van der Waals surface area contributed by atoms with Crippen molar-refractivity contribution in [1.82, 2.24) is 10.3 Å². The SMILES string of the molecule is CNCCC=Cc1ccc([N+](=O)[O-])c2cnccc12. The molecular formula is C14H15N3O2. The quantitative estimate of drug-likeness (QED) is 0.508. The molecule has 5 nitrogen and oxygen atoms in total. The van der Waals surface area contributed by atoms with E-state index in [1.165, 1.54) is 6.07 Å². The van der Waals surface area contributed by atoms with Gasteiger partial charge < -0.3 is 5.32 Å². The minimum Gasteiger partial charge on any atom is -0.319 e. The first-order chi connectivity index (χ1) is 9.24. The molecule has 1 aromatic heterocycles. The van der Waals surface area contributed by atoms with E-state index in [-0.39, 0.29) is 10.6 Å². The van der Waals surface area contributed by atoms with Crippen LogP contribution in [0.15, 0.2) is 36.7 Å². The summed E-state index contributed by atoms with van der Waals surface area (Å²) < 4.78 is 0. The number of pyridine rings is 1. The second kappa shape index (κ2) is 6.06. The van der Waals surface area contributed by atoms with E-state index in [0.29, 0.717) is 5.39 Å². The fraction of sp³-hybridized carbons (Fsp3) is 0.214. The molecule has 2 aromatic rings. The molecule has 0 radical (unpaired) electrons. The number of nitro benzene ring substituents is 1. The van der Waals surface area contributed by atoms with Crippen LogP contribution in [0.2, 0.25) is 0 Å². The minimum atomic E-state index is -0.376. The third-order valence-electron chi connectivity index (χ3n) is 2.88. The van der Waals surface area contributed by atoms with Crippen LogP contribution < -0.4 is 5.32 Å². The fourth-order valence-electron chi connectivity index (χ4n) is 1.94. The molecule has 0 amide bonds. The van der Waals surface area contributed by atoms with Crippen molar-refractivity contribution in [2.75, 3.05) is 13.6 Å². The Balaban J connectivity index is 2.44. The average molecular weight is 257 g/mol. The lowest BCUT2D eigenvalue weighted by Crippen LogP contribution is -2.05. The van der Waals surface area contributed by atoms with Gasteiger partial charge in [-0.05, 0) is 43.1 Å². The number of nitro groups is 1. The Morgan fingerprint density at radius 3 is 2.95 bits per heavy atom. The monoisotopic (exact) mass is 257 g/mol. The Bertz CT molecular complexity index is 623. The number of benzene rings is 1. The van der Waals surface area contributed by atoms with Crippen LogP contribution in [0, 0.1) is 10.1 Å². The van der Waals surface area contributed by atoms with Crippen molar-refractivity contribution in [3.8, 4) is 0 Å². The first-order valence-electron chi connectivity index (χ1n) is 6.06. The van der Waals surface area contributed by atoms with Gasteiger partial charge in [0, 0.05) is 18.5 Å². The van der Waals surface area contributed by atoms with Gasteiger partial charge in [-0.3, -0.25) is 15.1 Å². The maximum Gasteiger partial charge on any atom is 0.278 e. The van der Waals surface area contributed by atoms with Gasteiger partial charge in [0.15, 0.2) is 0 Å². The molecule has 5 heteroatoms. The summed E-state index contributed by atoms with van der Waals surface area (Å²) >= 11 is 0. The predicted octanol–water partition coefficient (Wildman–Crippen LogP) is 2.77. The topological polar surface area (TPSA) is 68.1 Å². The largest absolute Gasteiger partial charge is 0.319 e. The number of nitrogens with zero attached hydrogens (tertiary/aromatic N) is 2. The second-order valence-corrected chi connectivity index (χ2v) is 4.15. The van der Waals surface area contributed by atoms with E-state index in [2.05, 4.69) is 16.4 Å². The van der Waals surface area contributed by atoms with Crippen molar-refractivity contribution in [2.45, 2.75) is 6.42 Å². The van der Waals surface area contributed by atoms with Crippen molar-refractivity contribution in [3.05, 3.63) is 52.3 Å². The third kappa shape index (κ3) is 2.95. The first kappa shape index (κ1) is 13.2. The molecule has 1 heterocycles. The first-order valence-corrected chi connectivity index (χ1v) is 6.06. The molecule has 0 atom stereocenters. The van der Waals surface area contributed by atoms with Gasteiger partial charge in [0.25, 0.3) is 5.69 Å². The highest BCUT2D eigenvalue weighted by Crippen LogP contribution is 2.28. The smallest absolute Gasteiger partial charge is 0.278 e. The summed E-state index contributed by atoms with van der Waals surface area (Å²) in [5.74, 6) is 0. The zero-order chi connectivity index (χ0) is 13.7. The Morgan fingerprint density at radius 2 is 2.21 bits per heavy atom. The lowest BCUT2D eigenvalue weighted by Gasteiger charge is -2.03. The summed E-state index contributed by atoms with van der Waals surface area (Å²) in [6, 6.07) is 5.11. The fourth-order valence-corrected chi connectivity index (χ4v) is 1.94. The van der Waals surface area contributed by atoms with Crippen LogP contribution in [0.1, 0.15) is 12.0 Å². The molecule has 0 unspecified atom stereocenters. The van der Waals surface area contributed by atoms with Crippen LogP contribution in [0.5, 0.6) is 0 Å². The van der Waals surface area contributed by atoms with Gasteiger partial charge in [-0.2, -0.15) is 0 Å². The Kier molecular flexibility index (Phi) is 4.20. The predicted molar refractivity (Wildman–Crippen MR) is 76.0 cm³/mol. The van der Waals surface area contributed by atoms with Crippen LogP contribution >= 0.6 is 0 Å². The summed E-state index contributed by atoms with van der Waals surface area (Å²) in [5, 5.41) is 15.5. The Labute approximate surface area is 111 Å². The summed E-state index contributed by atoms with van der Waals surface area (Å²) in [5.41, 5.74) is 1.06. The highest BCUT2D eigenvalue weighted by atomic mass is 16.6. The second-order valence-electron chi connectivity index (χ2n) is 4.15. The van der Waals surface area contributed by atoms with E-state index < -0.39 is 0 Å². The number of fused-ring (bicyclic) bond motifs is 1. The van der Waals surface area contributed by atoms with E-state index in [9.17, 15) is 10.1 Å². The molecule has 0 fully saturated rings. The van der Waals surface area contributed by atoms with Crippen LogP contribution in [-0.2, 0) is 0 Å². The number of rotatable bonds is 5. The number of hydrogen-bond donors (Lipinski definition) is 1. The lowest BCUT2D eigenvalue weighted by molar-refractivity contribution is -0.383. The van der Waals surface area contributed by atoms with E-state index in [0.717, 1.165) is 23.9 Å². The molecule has 0 spiro atoms. The van der Waals surface area contributed by atoms with E-state index in [4.69, 9.17) is 0 Å². The van der Waals surface area contributed by atoms with Crippen LogP contribution in [0.25, 0.3) is 16.8 Å². The molecule has 0 aliphatic rings. The Hall–Kier alpha value is -2.27. The van der Waals surface area contributed by atoms with Gasteiger partial charge in [0.2, 0.25) is 0 Å². The summed E-state index contributed by atoms with van der Waals surface area (Å²) in [4.78, 5) is 14.6. The van der Waals surface area contributed by atoms with Crippen LogP contribution in [0.3, 0.4) is 0 Å². The molecular weight excluding hydrogens is 242 g/mol. The zero-order valence-electron chi connectivity index (χ0n) is 10.7. The van der Waals surface area contributed by atoms with Crippen molar-refractivity contribution < 1.29 is 4.92 Å². The highest BCUT2D eigenvalue weighted by molar-refractivity contribution is 5.96. The summed E-state index contributed by atoms with van der Waals surface area (Å²) in [6.07, 6.45) is 8.15. The number of non-ortho nitro benzene ring substituents is 1. The molecule has 98 valence electrons.